The molecule has 0 radical (unpaired) electrons. The minimum atomic E-state index is -1.41. The zero-order valence-electron chi connectivity index (χ0n) is 10.2. The van der Waals surface area contributed by atoms with Crippen molar-refractivity contribution < 1.29 is 24.0 Å². The van der Waals surface area contributed by atoms with Crippen molar-refractivity contribution in [2.24, 2.45) is 0 Å². The summed E-state index contributed by atoms with van der Waals surface area (Å²) in [4.78, 5) is 21.0. The first kappa shape index (κ1) is 14.9. The number of hydrogen-bond donors (Lipinski definition) is 1. The number of nitro groups is 1. The lowest BCUT2D eigenvalue weighted by Crippen LogP contribution is -2.00. The molecule has 0 spiro atoms. The minimum Gasteiger partial charge on any atom is -0.478 e. The minimum absolute atomic E-state index is 0.0390. The Bertz CT molecular complexity index is 734. The van der Waals surface area contributed by atoms with Gasteiger partial charge in [0.1, 0.15) is 11.6 Å². The molecule has 0 aliphatic heterocycles. The van der Waals surface area contributed by atoms with Crippen molar-refractivity contribution in [2.75, 3.05) is 0 Å². The third-order valence-electron chi connectivity index (χ3n) is 2.52. The molecule has 0 heterocycles. The molecule has 0 atom stereocenters. The Morgan fingerprint density at radius 2 is 2.00 bits per heavy atom. The standard InChI is InChI=1S/C13H7BrFNO5/c14-7-1-4-12(11(5-7)16(19)20)21-8-2-3-9(13(17)18)10(15)6-8/h1-6H,(H,17,18). The molecule has 2 aromatic carbocycles. The third-order valence-corrected chi connectivity index (χ3v) is 3.01. The van der Waals surface area contributed by atoms with Crippen LogP contribution in [0.3, 0.4) is 0 Å². The molecule has 21 heavy (non-hydrogen) atoms. The molecule has 108 valence electrons. The van der Waals surface area contributed by atoms with Crippen molar-refractivity contribution in [1.29, 1.82) is 0 Å². The van der Waals surface area contributed by atoms with Crippen LogP contribution in [0.25, 0.3) is 0 Å². The second kappa shape index (κ2) is 5.88. The number of nitrogens with zero attached hydrogens (tertiary/aromatic N) is 1. The van der Waals surface area contributed by atoms with Crippen molar-refractivity contribution in [3.63, 3.8) is 0 Å². The Morgan fingerprint density at radius 1 is 1.29 bits per heavy atom. The van der Waals surface area contributed by atoms with E-state index in [4.69, 9.17) is 9.84 Å². The van der Waals surface area contributed by atoms with Crippen LogP contribution in [0.15, 0.2) is 40.9 Å². The van der Waals surface area contributed by atoms with Crippen LogP contribution in [0.1, 0.15) is 10.4 Å². The summed E-state index contributed by atoms with van der Waals surface area (Å²) in [6.07, 6.45) is 0. The van der Waals surface area contributed by atoms with E-state index in [0.29, 0.717) is 4.47 Å². The zero-order chi connectivity index (χ0) is 15.6. The molecular weight excluding hydrogens is 349 g/mol. The number of rotatable bonds is 4. The number of benzene rings is 2. The molecule has 0 aliphatic rings. The smallest absolute Gasteiger partial charge is 0.338 e. The number of carbonyl (C=O) groups is 1. The van der Waals surface area contributed by atoms with Crippen LogP contribution in [-0.2, 0) is 0 Å². The number of hydrogen-bond acceptors (Lipinski definition) is 4. The van der Waals surface area contributed by atoms with Crippen LogP contribution in [0, 0.1) is 15.9 Å². The second-order valence-corrected chi connectivity index (χ2v) is 4.83. The van der Waals surface area contributed by atoms with Crippen LogP contribution in [0.5, 0.6) is 11.5 Å². The van der Waals surface area contributed by atoms with Gasteiger partial charge in [-0.2, -0.15) is 0 Å². The Morgan fingerprint density at radius 3 is 2.57 bits per heavy atom. The van der Waals surface area contributed by atoms with Gasteiger partial charge in [0.25, 0.3) is 0 Å². The van der Waals surface area contributed by atoms with Gasteiger partial charge in [-0.15, -0.1) is 0 Å². The van der Waals surface area contributed by atoms with Gasteiger partial charge < -0.3 is 9.84 Å². The molecule has 0 saturated heterocycles. The molecule has 6 nitrogen and oxygen atoms in total. The number of ether oxygens (including phenoxy) is 1. The number of carboxylic acid groups (broad SMARTS) is 1. The second-order valence-electron chi connectivity index (χ2n) is 3.92. The molecule has 8 heteroatoms. The SMILES string of the molecule is O=C(O)c1ccc(Oc2ccc(Br)cc2[N+](=O)[O-])cc1F. The predicted octanol–water partition coefficient (Wildman–Crippen LogP) is 3.99. The third kappa shape index (κ3) is 3.34. The fourth-order valence-electron chi connectivity index (χ4n) is 1.58. The van der Waals surface area contributed by atoms with Crippen molar-refractivity contribution in [1.82, 2.24) is 0 Å². The van der Waals surface area contributed by atoms with E-state index < -0.39 is 22.3 Å². The number of nitro benzene ring substituents is 1. The summed E-state index contributed by atoms with van der Waals surface area (Å²) in [5.41, 5.74) is -0.806. The van der Waals surface area contributed by atoms with E-state index in [2.05, 4.69) is 15.9 Å². The summed E-state index contributed by atoms with van der Waals surface area (Å²) in [6.45, 7) is 0. The molecule has 2 rings (SSSR count). The van der Waals surface area contributed by atoms with Crippen LogP contribution in [-0.4, -0.2) is 16.0 Å². The van der Waals surface area contributed by atoms with Gasteiger partial charge in [0.2, 0.25) is 5.75 Å². The van der Waals surface area contributed by atoms with E-state index in [9.17, 15) is 19.3 Å². The zero-order valence-corrected chi connectivity index (χ0v) is 11.8. The fourth-order valence-corrected chi connectivity index (χ4v) is 1.93. The quantitative estimate of drug-likeness (QED) is 0.661. The molecule has 0 aromatic heterocycles. The first-order chi connectivity index (χ1) is 9.88. The Labute approximate surface area is 126 Å². The number of carboxylic acids is 1. The van der Waals surface area contributed by atoms with E-state index in [1.54, 1.807) is 0 Å². The maximum Gasteiger partial charge on any atom is 0.338 e. The summed E-state index contributed by atoms with van der Waals surface area (Å²) in [6, 6.07) is 7.23. The van der Waals surface area contributed by atoms with E-state index in [0.717, 1.165) is 12.1 Å². The largest absolute Gasteiger partial charge is 0.478 e. The van der Waals surface area contributed by atoms with Gasteiger partial charge in [-0.05, 0) is 24.3 Å². The summed E-state index contributed by atoms with van der Waals surface area (Å²) in [7, 11) is 0. The Hall–Kier alpha value is -2.48. The van der Waals surface area contributed by atoms with Gasteiger partial charge in [-0.1, -0.05) is 15.9 Å². The lowest BCUT2D eigenvalue weighted by molar-refractivity contribution is -0.385. The van der Waals surface area contributed by atoms with Crippen LogP contribution < -0.4 is 4.74 Å². The normalized spacial score (nSPS) is 10.2. The predicted molar refractivity (Wildman–Crippen MR) is 74.2 cm³/mol. The highest BCUT2D eigenvalue weighted by molar-refractivity contribution is 9.10. The first-order valence-electron chi connectivity index (χ1n) is 5.53. The molecule has 0 unspecified atom stereocenters. The highest BCUT2D eigenvalue weighted by Gasteiger charge is 2.17. The number of halogens is 2. The average Bonchev–Trinajstić information content (AvgIpc) is 2.40. The molecule has 0 bridgehead atoms. The molecular formula is C13H7BrFNO5. The summed E-state index contributed by atoms with van der Waals surface area (Å²) < 4.78 is 19.3. The van der Waals surface area contributed by atoms with Crippen LogP contribution >= 0.6 is 15.9 Å². The monoisotopic (exact) mass is 355 g/mol. The Balaban J connectivity index is 2.37. The Kier molecular flexibility index (Phi) is 4.18. The van der Waals surface area contributed by atoms with Gasteiger partial charge in [-0.3, -0.25) is 10.1 Å². The fraction of sp³-hybridized carbons (Fsp3) is 0. The molecule has 0 saturated carbocycles. The van der Waals surface area contributed by atoms with Gasteiger partial charge in [0, 0.05) is 16.6 Å². The van der Waals surface area contributed by atoms with Gasteiger partial charge in [-0.25, -0.2) is 9.18 Å². The van der Waals surface area contributed by atoms with Crippen molar-refractivity contribution in [2.45, 2.75) is 0 Å². The van der Waals surface area contributed by atoms with Gasteiger partial charge >= 0.3 is 11.7 Å². The van der Waals surface area contributed by atoms with E-state index in [-0.39, 0.29) is 17.2 Å². The van der Waals surface area contributed by atoms with Gasteiger partial charge in [0.05, 0.1) is 10.5 Å². The molecule has 0 aliphatic carbocycles. The maximum absolute atomic E-state index is 13.5. The van der Waals surface area contributed by atoms with Crippen molar-refractivity contribution in [3.05, 3.63) is 62.4 Å². The molecule has 2 aromatic rings. The first-order valence-corrected chi connectivity index (χ1v) is 6.32. The van der Waals surface area contributed by atoms with E-state index in [1.165, 1.54) is 24.3 Å². The van der Waals surface area contributed by atoms with Crippen molar-refractivity contribution in [3.8, 4) is 11.5 Å². The van der Waals surface area contributed by atoms with Gasteiger partial charge in [0.15, 0.2) is 0 Å². The topological polar surface area (TPSA) is 89.7 Å². The highest BCUT2D eigenvalue weighted by atomic mass is 79.9. The maximum atomic E-state index is 13.5. The molecule has 0 amide bonds. The highest BCUT2D eigenvalue weighted by Crippen LogP contribution is 2.34. The number of aromatic carboxylic acids is 1. The molecule has 1 N–H and O–H groups in total. The summed E-state index contributed by atoms with van der Waals surface area (Å²) in [5, 5.41) is 19.6. The lowest BCUT2D eigenvalue weighted by Gasteiger charge is -2.07. The lowest BCUT2D eigenvalue weighted by atomic mass is 10.2. The van der Waals surface area contributed by atoms with Crippen molar-refractivity contribution >= 4 is 27.6 Å². The van der Waals surface area contributed by atoms with E-state index in [1.807, 2.05) is 0 Å². The summed E-state index contributed by atoms with van der Waals surface area (Å²) in [5.74, 6) is -2.51. The van der Waals surface area contributed by atoms with Crippen LogP contribution in [0.2, 0.25) is 0 Å². The van der Waals surface area contributed by atoms with E-state index >= 15 is 0 Å². The average molecular weight is 356 g/mol. The molecule has 0 fully saturated rings. The summed E-state index contributed by atoms with van der Waals surface area (Å²) >= 11 is 3.10. The van der Waals surface area contributed by atoms with Crippen LogP contribution in [0.4, 0.5) is 10.1 Å².